The van der Waals surface area contributed by atoms with Crippen LogP contribution in [-0.4, -0.2) is 40.2 Å². The number of hydrogen-bond donors (Lipinski definition) is 1. The molecular weight excluding hydrogens is 446 g/mol. The lowest BCUT2D eigenvalue weighted by Crippen LogP contribution is -2.37. The first-order valence-corrected chi connectivity index (χ1v) is 11.8. The van der Waals surface area contributed by atoms with Gasteiger partial charge < -0.3 is 15.2 Å². The number of aliphatic imine (C=N–C) groups is 1. The third-order valence-electron chi connectivity index (χ3n) is 6.61. The van der Waals surface area contributed by atoms with E-state index in [0.717, 1.165) is 6.42 Å². The Labute approximate surface area is 195 Å². The third kappa shape index (κ3) is 4.36. The van der Waals surface area contributed by atoms with Gasteiger partial charge in [0.25, 0.3) is 0 Å². The smallest absolute Gasteiger partial charge is 0.232 e. The van der Waals surface area contributed by atoms with Crippen LogP contribution in [-0.2, 0) is 10.3 Å². The Morgan fingerprint density at radius 3 is 2.82 bits per heavy atom. The van der Waals surface area contributed by atoms with E-state index in [-0.39, 0.29) is 16.4 Å². The Kier molecular flexibility index (Phi) is 5.64. The number of halogens is 2. The maximum absolute atomic E-state index is 15.0. The van der Waals surface area contributed by atoms with Crippen molar-refractivity contribution in [1.82, 2.24) is 9.97 Å². The average molecular weight is 473 g/mol. The van der Waals surface area contributed by atoms with Crippen molar-refractivity contribution in [3.63, 3.8) is 0 Å². The van der Waals surface area contributed by atoms with E-state index in [1.54, 1.807) is 13.2 Å². The van der Waals surface area contributed by atoms with Crippen molar-refractivity contribution >= 4 is 28.8 Å². The van der Waals surface area contributed by atoms with Gasteiger partial charge in [-0.15, -0.1) is 0 Å². The minimum atomic E-state index is -0.849. The number of ether oxygens (including phenoxy) is 2. The fraction of sp³-hybridized carbons (Fsp3) is 0.458. The summed E-state index contributed by atoms with van der Waals surface area (Å²) in [6.07, 6.45) is 7.25. The highest BCUT2D eigenvalue weighted by Crippen LogP contribution is 2.65. The lowest BCUT2D eigenvalue weighted by Gasteiger charge is -2.34. The van der Waals surface area contributed by atoms with E-state index in [9.17, 15) is 8.78 Å². The van der Waals surface area contributed by atoms with Gasteiger partial charge >= 0.3 is 0 Å². The van der Waals surface area contributed by atoms with Crippen LogP contribution in [0.5, 0.6) is 5.88 Å². The molecule has 2 heterocycles. The monoisotopic (exact) mass is 472 g/mol. The van der Waals surface area contributed by atoms with Crippen molar-refractivity contribution in [2.24, 2.45) is 22.6 Å². The molecule has 0 amide bonds. The number of fused-ring (bicyclic) bond motifs is 1. The quantitative estimate of drug-likeness (QED) is 0.607. The molecule has 6 nitrogen and oxygen atoms in total. The molecule has 0 radical (unpaired) electrons. The Hall–Kier alpha value is -2.52. The van der Waals surface area contributed by atoms with E-state index in [1.165, 1.54) is 55.2 Å². The Morgan fingerprint density at radius 2 is 2.12 bits per heavy atom. The van der Waals surface area contributed by atoms with E-state index < -0.39 is 17.2 Å². The van der Waals surface area contributed by atoms with Crippen molar-refractivity contribution in [3.8, 4) is 5.88 Å². The molecular formula is C24H26F2N4O2S. The molecule has 33 heavy (non-hydrogen) atoms. The standard InChI is InChI=1S/C24H26F2N4O2S/c1-23(20-9-24(20,13-31-2)33-22(27)30-23)16-7-15(5-6-17(16)25)8-18(26)19-10-29-21(11-28-19)32-12-14-3-4-14/h5-8,10-11,14,20H,3-4,9,12-13H2,1-2H3,(H2,27,30)/b18-8-/t20-,23+,24+/m0/s1. The van der Waals surface area contributed by atoms with E-state index in [2.05, 4.69) is 15.0 Å². The minimum absolute atomic E-state index is 0.0786. The van der Waals surface area contributed by atoms with Crippen LogP contribution in [0.4, 0.5) is 8.78 Å². The van der Waals surface area contributed by atoms with E-state index >= 15 is 0 Å². The molecule has 1 aliphatic heterocycles. The topological polar surface area (TPSA) is 82.6 Å². The lowest BCUT2D eigenvalue weighted by molar-refractivity contribution is 0.184. The zero-order valence-corrected chi connectivity index (χ0v) is 19.4. The first-order valence-electron chi connectivity index (χ1n) is 11.0. The van der Waals surface area contributed by atoms with E-state index in [4.69, 9.17) is 15.2 Å². The Bertz CT molecular complexity index is 1120. The molecule has 1 aromatic carbocycles. The normalized spacial score (nSPS) is 28.8. The molecule has 2 aromatic rings. The van der Waals surface area contributed by atoms with Crippen molar-refractivity contribution in [1.29, 1.82) is 0 Å². The minimum Gasteiger partial charge on any atom is -0.476 e. The highest BCUT2D eigenvalue weighted by molar-refractivity contribution is 8.15. The fourth-order valence-corrected chi connectivity index (χ4v) is 6.02. The summed E-state index contributed by atoms with van der Waals surface area (Å²) in [6.45, 7) is 3.01. The molecule has 0 saturated heterocycles. The van der Waals surface area contributed by atoms with Crippen LogP contribution in [0.3, 0.4) is 0 Å². The van der Waals surface area contributed by atoms with Crippen LogP contribution < -0.4 is 10.5 Å². The van der Waals surface area contributed by atoms with Gasteiger partial charge in [0.05, 0.1) is 35.9 Å². The summed E-state index contributed by atoms with van der Waals surface area (Å²) in [5.41, 5.74) is 6.25. The van der Waals surface area contributed by atoms with Gasteiger partial charge in [-0.1, -0.05) is 17.8 Å². The van der Waals surface area contributed by atoms with Gasteiger partial charge in [-0.2, -0.15) is 0 Å². The fourth-order valence-electron chi connectivity index (χ4n) is 4.57. The number of aromatic nitrogens is 2. The van der Waals surface area contributed by atoms with Crippen molar-refractivity contribution < 1.29 is 18.3 Å². The van der Waals surface area contributed by atoms with Crippen LogP contribution in [0.25, 0.3) is 11.9 Å². The predicted octanol–water partition coefficient (Wildman–Crippen LogP) is 4.55. The summed E-state index contributed by atoms with van der Waals surface area (Å²) in [6, 6.07) is 4.51. The number of benzene rings is 1. The van der Waals surface area contributed by atoms with Crippen molar-refractivity contribution in [2.75, 3.05) is 20.3 Å². The van der Waals surface area contributed by atoms with Gasteiger partial charge in [0.2, 0.25) is 5.88 Å². The first-order chi connectivity index (χ1) is 15.8. The SMILES string of the molecule is COC[C@]12C[C@H]1[C@@](C)(c1cc(/C=C(\F)c3cnc(OCC4CC4)cn3)ccc1F)N=C(N)S2. The van der Waals surface area contributed by atoms with Gasteiger partial charge in [-0.05, 0) is 55.9 Å². The van der Waals surface area contributed by atoms with Gasteiger partial charge in [-0.3, -0.25) is 4.99 Å². The first kappa shape index (κ1) is 22.3. The summed E-state index contributed by atoms with van der Waals surface area (Å²) in [4.78, 5) is 12.9. The largest absolute Gasteiger partial charge is 0.476 e. The average Bonchev–Trinajstić information content (AvgIpc) is 3.70. The van der Waals surface area contributed by atoms with Gasteiger partial charge in [-0.25, -0.2) is 18.7 Å². The van der Waals surface area contributed by atoms with Crippen molar-refractivity contribution in [2.45, 2.75) is 36.5 Å². The van der Waals surface area contributed by atoms with Crippen LogP contribution in [0.1, 0.15) is 43.0 Å². The molecule has 2 saturated carbocycles. The highest BCUT2D eigenvalue weighted by Gasteiger charge is 2.66. The Morgan fingerprint density at radius 1 is 1.30 bits per heavy atom. The molecule has 5 rings (SSSR count). The van der Waals surface area contributed by atoms with Gasteiger partial charge in [0.1, 0.15) is 11.5 Å². The summed E-state index contributed by atoms with van der Waals surface area (Å²) in [5.74, 6) is 0.0882. The Balaban J connectivity index is 1.39. The maximum Gasteiger partial charge on any atom is 0.232 e. The van der Waals surface area contributed by atoms with Crippen molar-refractivity contribution in [3.05, 3.63) is 53.2 Å². The second kappa shape index (κ2) is 8.36. The number of thioether (sulfide) groups is 1. The molecule has 2 aliphatic carbocycles. The van der Waals surface area contributed by atoms with Crippen LogP contribution in [0, 0.1) is 17.7 Å². The molecule has 0 unspecified atom stereocenters. The highest BCUT2D eigenvalue weighted by atomic mass is 32.2. The van der Waals surface area contributed by atoms with E-state index in [1.807, 2.05) is 6.92 Å². The molecule has 0 spiro atoms. The van der Waals surface area contributed by atoms with Gasteiger partial charge in [0.15, 0.2) is 11.0 Å². The summed E-state index contributed by atoms with van der Waals surface area (Å²) in [7, 11) is 1.65. The van der Waals surface area contributed by atoms with Gasteiger partial charge in [0, 0.05) is 18.6 Å². The molecule has 3 atom stereocenters. The number of nitrogens with zero attached hydrogens (tertiary/aromatic N) is 3. The number of hydrogen-bond acceptors (Lipinski definition) is 7. The summed E-state index contributed by atoms with van der Waals surface area (Å²) in [5, 5.41) is 0.411. The molecule has 174 valence electrons. The molecule has 1 aromatic heterocycles. The number of rotatable bonds is 8. The lowest BCUT2D eigenvalue weighted by atomic mass is 9.85. The van der Waals surface area contributed by atoms with Crippen LogP contribution in [0.2, 0.25) is 0 Å². The predicted molar refractivity (Wildman–Crippen MR) is 125 cm³/mol. The number of methoxy groups -OCH3 is 1. The molecule has 3 aliphatic rings. The molecule has 2 N–H and O–H groups in total. The summed E-state index contributed by atoms with van der Waals surface area (Å²) >= 11 is 1.49. The number of nitrogens with two attached hydrogens (primary N) is 1. The maximum atomic E-state index is 15.0. The molecule has 2 fully saturated rings. The molecule has 9 heteroatoms. The van der Waals surface area contributed by atoms with Crippen LogP contribution in [0.15, 0.2) is 35.6 Å². The zero-order valence-electron chi connectivity index (χ0n) is 18.6. The second-order valence-electron chi connectivity index (χ2n) is 9.18. The summed E-state index contributed by atoms with van der Waals surface area (Å²) < 4.78 is 40.6. The molecule has 0 bridgehead atoms. The second-order valence-corrected chi connectivity index (χ2v) is 10.6. The van der Waals surface area contributed by atoms with E-state index in [0.29, 0.717) is 41.3 Å². The third-order valence-corrected chi connectivity index (χ3v) is 7.88. The zero-order chi connectivity index (χ0) is 23.2. The number of amidine groups is 1. The van der Waals surface area contributed by atoms with Crippen LogP contribution >= 0.6 is 11.8 Å².